The molecular formula is C18H19BrN4. The van der Waals surface area contributed by atoms with Gasteiger partial charge in [-0.3, -0.25) is 0 Å². The number of hydrogen-bond acceptors (Lipinski definition) is 4. The van der Waals surface area contributed by atoms with Gasteiger partial charge in [-0.1, -0.05) is 47.3 Å². The highest BCUT2D eigenvalue weighted by Gasteiger charge is 2.23. The molecule has 0 N–H and O–H groups in total. The van der Waals surface area contributed by atoms with Gasteiger partial charge in [0.25, 0.3) is 0 Å². The summed E-state index contributed by atoms with van der Waals surface area (Å²) in [4.78, 5) is 11.1. The summed E-state index contributed by atoms with van der Waals surface area (Å²) in [6.07, 6.45) is 7.81. The molecule has 1 aliphatic rings. The molecule has 23 heavy (non-hydrogen) atoms. The van der Waals surface area contributed by atoms with Crippen LogP contribution in [-0.4, -0.2) is 16.0 Å². The number of halogens is 1. The monoisotopic (exact) mass is 370 g/mol. The molecule has 0 radical (unpaired) electrons. The van der Waals surface area contributed by atoms with Gasteiger partial charge in [-0.05, 0) is 36.6 Å². The molecule has 0 saturated heterocycles. The zero-order chi connectivity index (χ0) is 16.1. The molecule has 118 valence electrons. The smallest absolute Gasteiger partial charge is 0.227 e. The van der Waals surface area contributed by atoms with E-state index in [-0.39, 0.29) is 0 Å². The van der Waals surface area contributed by atoms with Crippen molar-refractivity contribution < 1.29 is 0 Å². The first kappa shape index (κ1) is 15.9. The molecule has 2 aromatic rings. The maximum atomic E-state index is 9.11. The molecule has 0 spiro atoms. The maximum absolute atomic E-state index is 9.11. The van der Waals surface area contributed by atoms with Crippen LogP contribution in [0.3, 0.4) is 0 Å². The highest BCUT2D eigenvalue weighted by molar-refractivity contribution is 9.10. The third-order valence-electron chi connectivity index (χ3n) is 4.30. The van der Waals surface area contributed by atoms with E-state index in [1.807, 2.05) is 0 Å². The standard InChI is InChI=1S/C18H19BrN4/c19-15-8-6-14(7-9-15)13-23(17-4-2-1-3-5-17)18-21-11-10-16(12-20)22-18/h6-11,17H,1-5,13H2. The highest BCUT2D eigenvalue weighted by Crippen LogP contribution is 2.27. The summed E-state index contributed by atoms with van der Waals surface area (Å²) in [6.45, 7) is 0.771. The molecule has 1 heterocycles. The number of hydrogen-bond donors (Lipinski definition) is 0. The molecular weight excluding hydrogens is 352 g/mol. The third kappa shape index (κ3) is 4.08. The number of benzene rings is 1. The zero-order valence-electron chi connectivity index (χ0n) is 13.0. The summed E-state index contributed by atoms with van der Waals surface area (Å²) in [5.74, 6) is 0.666. The molecule has 3 rings (SSSR count). The van der Waals surface area contributed by atoms with Crippen LogP contribution in [0.5, 0.6) is 0 Å². The highest BCUT2D eigenvalue weighted by atomic mass is 79.9. The topological polar surface area (TPSA) is 52.8 Å². The first-order valence-electron chi connectivity index (χ1n) is 8.00. The molecule has 0 bridgehead atoms. The molecule has 1 fully saturated rings. The van der Waals surface area contributed by atoms with Crippen LogP contribution in [0.1, 0.15) is 43.4 Å². The minimum atomic E-state index is 0.423. The second kappa shape index (κ2) is 7.56. The first-order valence-corrected chi connectivity index (χ1v) is 8.80. The van der Waals surface area contributed by atoms with Crippen molar-refractivity contribution in [1.29, 1.82) is 5.26 Å². The summed E-state index contributed by atoms with van der Waals surface area (Å²) >= 11 is 3.48. The van der Waals surface area contributed by atoms with Crippen LogP contribution in [0.2, 0.25) is 0 Å². The Kier molecular flexibility index (Phi) is 5.24. The molecule has 1 aromatic carbocycles. The van der Waals surface area contributed by atoms with Gasteiger partial charge < -0.3 is 4.90 Å². The second-order valence-corrected chi connectivity index (χ2v) is 6.82. The van der Waals surface area contributed by atoms with Gasteiger partial charge in [0.05, 0.1) is 0 Å². The Hall–Kier alpha value is -1.93. The van der Waals surface area contributed by atoms with Crippen molar-refractivity contribution in [1.82, 2.24) is 9.97 Å². The lowest BCUT2D eigenvalue weighted by Gasteiger charge is -2.34. The van der Waals surface area contributed by atoms with E-state index in [1.165, 1.54) is 24.8 Å². The lowest BCUT2D eigenvalue weighted by Crippen LogP contribution is -2.37. The van der Waals surface area contributed by atoms with Crippen molar-refractivity contribution in [3.8, 4) is 6.07 Å². The fraction of sp³-hybridized carbons (Fsp3) is 0.389. The summed E-state index contributed by atoms with van der Waals surface area (Å²) in [7, 11) is 0. The Labute approximate surface area is 145 Å². The van der Waals surface area contributed by atoms with Crippen molar-refractivity contribution in [3.63, 3.8) is 0 Å². The predicted octanol–water partition coefficient (Wildman–Crippen LogP) is 4.45. The molecule has 0 atom stereocenters. The molecule has 1 aliphatic carbocycles. The minimum Gasteiger partial charge on any atom is -0.333 e. The summed E-state index contributed by atoms with van der Waals surface area (Å²) in [5, 5.41) is 9.11. The maximum Gasteiger partial charge on any atom is 0.227 e. The summed E-state index contributed by atoms with van der Waals surface area (Å²) < 4.78 is 1.08. The average Bonchev–Trinajstić information content (AvgIpc) is 2.62. The SMILES string of the molecule is N#Cc1ccnc(N(Cc2ccc(Br)cc2)C2CCCCC2)n1. The van der Waals surface area contributed by atoms with E-state index in [0.29, 0.717) is 17.7 Å². The predicted molar refractivity (Wildman–Crippen MR) is 93.9 cm³/mol. The first-order chi connectivity index (χ1) is 11.3. The van der Waals surface area contributed by atoms with Crippen molar-refractivity contribution in [3.05, 3.63) is 52.3 Å². The van der Waals surface area contributed by atoms with E-state index in [4.69, 9.17) is 5.26 Å². The Morgan fingerprint density at radius 3 is 2.57 bits per heavy atom. The Bertz CT molecular complexity index is 687. The lowest BCUT2D eigenvalue weighted by molar-refractivity contribution is 0.409. The Balaban J connectivity index is 1.89. The quantitative estimate of drug-likeness (QED) is 0.797. The fourth-order valence-electron chi connectivity index (χ4n) is 3.09. The number of aromatic nitrogens is 2. The molecule has 5 heteroatoms. The van der Waals surface area contributed by atoms with Gasteiger partial charge in [-0.25, -0.2) is 9.97 Å². The third-order valence-corrected chi connectivity index (χ3v) is 4.82. The van der Waals surface area contributed by atoms with E-state index >= 15 is 0 Å². The normalized spacial score (nSPS) is 15.1. The number of rotatable bonds is 4. The molecule has 1 saturated carbocycles. The van der Waals surface area contributed by atoms with E-state index < -0.39 is 0 Å². The van der Waals surface area contributed by atoms with Crippen LogP contribution < -0.4 is 4.90 Å². The van der Waals surface area contributed by atoms with E-state index in [0.717, 1.165) is 23.9 Å². The summed E-state index contributed by atoms with van der Waals surface area (Å²) in [5.41, 5.74) is 1.65. The van der Waals surface area contributed by atoms with Gasteiger partial charge >= 0.3 is 0 Å². The van der Waals surface area contributed by atoms with Crippen LogP contribution in [0.15, 0.2) is 41.0 Å². The van der Waals surface area contributed by atoms with E-state index in [2.05, 4.69) is 61.1 Å². The van der Waals surface area contributed by atoms with Crippen molar-refractivity contribution in [2.45, 2.75) is 44.7 Å². The van der Waals surface area contributed by atoms with E-state index in [1.54, 1.807) is 12.3 Å². The molecule has 1 aromatic heterocycles. The molecule has 0 unspecified atom stereocenters. The van der Waals surface area contributed by atoms with Gasteiger partial charge in [-0.2, -0.15) is 5.26 Å². The van der Waals surface area contributed by atoms with Crippen LogP contribution in [0.4, 0.5) is 5.95 Å². The number of anilines is 1. The van der Waals surface area contributed by atoms with Gasteiger partial charge in [0.1, 0.15) is 11.8 Å². The van der Waals surface area contributed by atoms with Gasteiger partial charge in [0.2, 0.25) is 5.95 Å². The van der Waals surface area contributed by atoms with Crippen LogP contribution in [0, 0.1) is 11.3 Å². The van der Waals surface area contributed by atoms with Crippen molar-refractivity contribution in [2.75, 3.05) is 4.90 Å². The minimum absolute atomic E-state index is 0.423. The second-order valence-electron chi connectivity index (χ2n) is 5.90. The largest absolute Gasteiger partial charge is 0.333 e. The Morgan fingerprint density at radius 1 is 1.13 bits per heavy atom. The molecule has 4 nitrogen and oxygen atoms in total. The van der Waals surface area contributed by atoms with Crippen LogP contribution in [0.25, 0.3) is 0 Å². The van der Waals surface area contributed by atoms with Crippen molar-refractivity contribution in [2.24, 2.45) is 0 Å². The fourth-order valence-corrected chi connectivity index (χ4v) is 3.36. The zero-order valence-corrected chi connectivity index (χ0v) is 14.5. The number of nitrogens with zero attached hydrogens (tertiary/aromatic N) is 4. The van der Waals surface area contributed by atoms with Crippen LogP contribution in [-0.2, 0) is 6.54 Å². The molecule has 0 amide bonds. The Morgan fingerprint density at radius 2 is 1.87 bits per heavy atom. The van der Waals surface area contributed by atoms with Gasteiger partial charge in [0, 0.05) is 23.3 Å². The van der Waals surface area contributed by atoms with Crippen LogP contribution >= 0.6 is 15.9 Å². The van der Waals surface area contributed by atoms with Crippen molar-refractivity contribution >= 4 is 21.9 Å². The van der Waals surface area contributed by atoms with Gasteiger partial charge in [0.15, 0.2) is 0 Å². The van der Waals surface area contributed by atoms with E-state index in [9.17, 15) is 0 Å². The number of nitriles is 1. The average molecular weight is 371 g/mol. The molecule has 0 aliphatic heterocycles. The van der Waals surface area contributed by atoms with Gasteiger partial charge in [-0.15, -0.1) is 0 Å². The lowest BCUT2D eigenvalue weighted by atomic mass is 9.94. The summed E-state index contributed by atoms with van der Waals surface area (Å²) in [6, 6.07) is 12.6.